The highest BCUT2D eigenvalue weighted by Crippen LogP contribution is 2.33. The van der Waals surface area contributed by atoms with Gasteiger partial charge in [0.2, 0.25) is 0 Å². The molecule has 1 unspecified atom stereocenters. The van der Waals surface area contributed by atoms with Gasteiger partial charge < -0.3 is 14.9 Å². The quantitative estimate of drug-likeness (QED) is 0.413. The van der Waals surface area contributed by atoms with Crippen molar-refractivity contribution >= 4 is 17.2 Å². The molecule has 0 radical (unpaired) electrons. The van der Waals surface area contributed by atoms with E-state index in [-0.39, 0.29) is 17.8 Å². The molecule has 1 aliphatic rings. The molecular formula is C25H27N5O2. The summed E-state index contributed by atoms with van der Waals surface area (Å²) in [5, 5.41) is 18.5. The molecule has 3 N–H and O–H groups in total. The van der Waals surface area contributed by atoms with Crippen LogP contribution in [0, 0.1) is 0 Å². The average molecular weight is 430 g/mol. The zero-order valence-electron chi connectivity index (χ0n) is 18.5. The van der Waals surface area contributed by atoms with Crippen molar-refractivity contribution in [2.75, 3.05) is 0 Å². The van der Waals surface area contributed by atoms with Gasteiger partial charge in [-0.25, -0.2) is 4.98 Å². The van der Waals surface area contributed by atoms with Crippen molar-refractivity contribution < 1.29 is 9.90 Å². The number of aromatic nitrogens is 4. The molecule has 0 amide bonds. The fourth-order valence-electron chi connectivity index (χ4n) is 4.69. The van der Waals surface area contributed by atoms with Gasteiger partial charge in [-0.05, 0) is 61.2 Å². The molecule has 0 spiro atoms. The van der Waals surface area contributed by atoms with Gasteiger partial charge in [0.15, 0.2) is 5.82 Å². The molecule has 7 heteroatoms. The Bertz CT molecular complexity index is 1300. The summed E-state index contributed by atoms with van der Waals surface area (Å²) in [5.41, 5.74) is 6.98. The van der Waals surface area contributed by atoms with Crippen LogP contribution in [0.2, 0.25) is 0 Å². The number of aromatic amines is 2. The Labute approximate surface area is 186 Å². The Morgan fingerprint density at radius 1 is 1.25 bits per heavy atom. The molecule has 5 rings (SSSR count). The number of carbonyl (C=O) groups excluding carboxylic acids is 1. The lowest BCUT2D eigenvalue weighted by Crippen LogP contribution is -2.45. The van der Waals surface area contributed by atoms with Gasteiger partial charge in [-0.2, -0.15) is 5.10 Å². The van der Waals surface area contributed by atoms with E-state index in [0.29, 0.717) is 13.0 Å². The highest BCUT2D eigenvalue weighted by molar-refractivity contribution is 5.94. The van der Waals surface area contributed by atoms with Crippen molar-refractivity contribution in [3.63, 3.8) is 0 Å². The normalized spacial score (nSPS) is 16.6. The highest BCUT2D eigenvalue weighted by Gasteiger charge is 2.30. The molecule has 2 aromatic carbocycles. The summed E-state index contributed by atoms with van der Waals surface area (Å²) in [6.45, 7) is 6.97. The molecule has 0 saturated carbocycles. The van der Waals surface area contributed by atoms with Crippen LogP contribution in [0.3, 0.4) is 0 Å². The van der Waals surface area contributed by atoms with Gasteiger partial charge in [0.25, 0.3) is 0 Å². The van der Waals surface area contributed by atoms with Gasteiger partial charge in [0.05, 0.1) is 22.9 Å². The van der Waals surface area contributed by atoms with E-state index >= 15 is 0 Å². The molecule has 4 aromatic rings. The number of carbonyl (C=O) groups is 1. The summed E-state index contributed by atoms with van der Waals surface area (Å²) in [5.74, 6) is 1.01. The molecule has 1 aliphatic heterocycles. The van der Waals surface area contributed by atoms with Crippen molar-refractivity contribution in [1.82, 2.24) is 25.1 Å². The smallest absolute Gasteiger partial charge is 0.159 e. The van der Waals surface area contributed by atoms with Crippen LogP contribution in [0.15, 0.2) is 36.4 Å². The van der Waals surface area contributed by atoms with Gasteiger partial charge in [0, 0.05) is 24.4 Å². The maximum atomic E-state index is 11.6. The lowest BCUT2D eigenvalue weighted by atomic mass is 9.97. The van der Waals surface area contributed by atoms with E-state index in [4.69, 9.17) is 4.98 Å². The summed E-state index contributed by atoms with van der Waals surface area (Å²) in [4.78, 5) is 22.0. The van der Waals surface area contributed by atoms with E-state index in [1.54, 1.807) is 6.07 Å². The molecule has 0 aliphatic carbocycles. The second-order valence-electron chi connectivity index (χ2n) is 8.71. The number of phenols is 1. The first-order valence-corrected chi connectivity index (χ1v) is 11.1. The van der Waals surface area contributed by atoms with Gasteiger partial charge >= 0.3 is 0 Å². The monoisotopic (exact) mass is 429 g/mol. The molecule has 1 atom stereocenters. The first-order chi connectivity index (χ1) is 15.5. The molecular weight excluding hydrogens is 402 g/mol. The highest BCUT2D eigenvalue weighted by atomic mass is 16.3. The van der Waals surface area contributed by atoms with E-state index in [2.05, 4.69) is 59.1 Å². The van der Waals surface area contributed by atoms with E-state index < -0.39 is 0 Å². The zero-order chi connectivity index (χ0) is 22.4. The van der Waals surface area contributed by atoms with Crippen LogP contribution >= 0.6 is 0 Å². The van der Waals surface area contributed by atoms with Gasteiger partial charge in [0.1, 0.15) is 17.7 Å². The van der Waals surface area contributed by atoms with Crippen LogP contribution in [0.1, 0.15) is 37.7 Å². The van der Waals surface area contributed by atoms with Crippen LogP contribution in [-0.4, -0.2) is 48.5 Å². The number of hydrogen-bond donors (Lipinski definition) is 3. The first kappa shape index (κ1) is 20.5. The van der Waals surface area contributed by atoms with Crippen LogP contribution in [0.4, 0.5) is 0 Å². The maximum Gasteiger partial charge on any atom is 0.159 e. The van der Waals surface area contributed by atoms with E-state index in [1.807, 2.05) is 12.1 Å². The summed E-state index contributed by atoms with van der Waals surface area (Å²) < 4.78 is 0. The van der Waals surface area contributed by atoms with Crippen LogP contribution in [-0.2, 0) is 24.2 Å². The SMILES string of the molecule is CCc1cc(O)ccc1-c1ccc2c(-c3nc4c([nH]3)CN(C(C)C)C(C=O)C4)n[nH]c2c1. The van der Waals surface area contributed by atoms with Crippen LogP contribution < -0.4 is 0 Å². The van der Waals surface area contributed by atoms with Gasteiger partial charge in [-0.3, -0.25) is 10.00 Å². The number of hydrogen-bond acceptors (Lipinski definition) is 5. The average Bonchev–Trinajstić information content (AvgIpc) is 3.40. The molecule has 0 fully saturated rings. The summed E-state index contributed by atoms with van der Waals surface area (Å²) >= 11 is 0. The number of aromatic hydroxyl groups is 1. The predicted molar refractivity (Wildman–Crippen MR) is 124 cm³/mol. The molecule has 164 valence electrons. The minimum Gasteiger partial charge on any atom is -0.508 e. The predicted octanol–water partition coefficient (Wildman–Crippen LogP) is 4.22. The Kier molecular flexibility index (Phi) is 5.06. The summed E-state index contributed by atoms with van der Waals surface area (Å²) in [7, 11) is 0. The molecule has 0 saturated heterocycles. The number of phenolic OH excluding ortho intramolecular Hbond substituents is 1. The van der Waals surface area contributed by atoms with E-state index in [9.17, 15) is 9.90 Å². The van der Waals surface area contributed by atoms with Gasteiger partial charge in [-0.15, -0.1) is 0 Å². The fourth-order valence-corrected chi connectivity index (χ4v) is 4.69. The third-order valence-electron chi connectivity index (χ3n) is 6.42. The maximum absolute atomic E-state index is 11.6. The number of aldehydes is 1. The fraction of sp³-hybridized carbons (Fsp3) is 0.320. The van der Waals surface area contributed by atoms with E-state index in [0.717, 1.165) is 63.2 Å². The van der Waals surface area contributed by atoms with Crippen LogP contribution in [0.5, 0.6) is 5.75 Å². The molecule has 0 bridgehead atoms. The number of fused-ring (bicyclic) bond motifs is 2. The number of aryl methyl sites for hydroxylation is 1. The summed E-state index contributed by atoms with van der Waals surface area (Å²) in [6.07, 6.45) is 2.47. The third-order valence-corrected chi connectivity index (χ3v) is 6.42. The number of imidazole rings is 1. The first-order valence-electron chi connectivity index (χ1n) is 11.1. The second kappa shape index (κ2) is 7.91. The number of nitrogens with one attached hydrogen (secondary N) is 2. The zero-order valence-corrected chi connectivity index (χ0v) is 18.5. The minimum atomic E-state index is -0.143. The topological polar surface area (TPSA) is 97.9 Å². The Morgan fingerprint density at radius 3 is 2.84 bits per heavy atom. The Morgan fingerprint density at radius 2 is 2.09 bits per heavy atom. The Hall–Kier alpha value is -3.45. The molecule has 2 aromatic heterocycles. The standard InChI is InChI=1S/C25H27N5O2/c1-4-15-9-18(32)6-8-19(15)16-5-7-20-21(10-16)28-29-24(20)25-26-22-11-17(13-31)30(14(2)3)12-23(22)27-25/h5-10,13-14,17,32H,4,11-12H2,1-3H3,(H,26,27)(H,28,29). The lowest BCUT2D eigenvalue weighted by Gasteiger charge is -2.34. The van der Waals surface area contributed by atoms with Crippen molar-refractivity contribution in [1.29, 1.82) is 0 Å². The summed E-state index contributed by atoms with van der Waals surface area (Å²) in [6, 6.07) is 11.9. The molecule has 32 heavy (non-hydrogen) atoms. The molecule has 3 heterocycles. The number of rotatable bonds is 5. The number of nitrogens with zero attached hydrogens (tertiary/aromatic N) is 3. The largest absolute Gasteiger partial charge is 0.508 e. The van der Waals surface area contributed by atoms with Crippen LogP contribution in [0.25, 0.3) is 33.5 Å². The van der Waals surface area contributed by atoms with Crippen molar-refractivity contribution in [3.05, 3.63) is 53.3 Å². The molecule has 7 nitrogen and oxygen atoms in total. The number of H-pyrrole nitrogens is 2. The lowest BCUT2D eigenvalue weighted by molar-refractivity contribution is -0.113. The van der Waals surface area contributed by atoms with E-state index in [1.165, 1.54) is 0 Å². The van der Waals surface area contributed by atoms with Gasteiger partial charge in [-0.1, -0.05) is 19.1 Å². The van der Waals surface area contributed by atoms with Crippen molar-refractivity contribution in [3.8, 4) is 28.4 Å². The number of benzene rings is 2. The Balaban J connectivity index is 1.52. The second-order valence-corrected chi connectivity index (χ2v) is 8.71. The third kappa shape index (κ3) is 3.39. The van der Waals surface area contributed by atoms with Crippen molar-refractivity contribution in [2.45, 2.75) is 52.2 Å². The minimum absolute atomic E-state index is 0.143. The van der Waals surface area contributed by atoms with Crippen molar-refractivity contribution in [2.24, 2.45) is 0 Å².